The standard InChI is InChI=1S/C15H13ClN2/c1-9-4-6-12(7-5-9)14-10(2)11(3)18-15(16)13(14)8-17/h4-7H,1-3H3. The average molecular weight is 257 g/mol. The number of hydrogen-bond donors (Lipinski definition) is 0. The van der Waals surface area contributed by atoms with E-state index in [4.69, 9.17) is 11.6 Å². The van der Waals surface area contributed by atoms with Crippen LogP contribution in [0.15, 0.2) is 24.3 Å². The van der Waals surface area contributed by atoms with Crippen molar-refractivity contribution in [2.24, 2.45) is 0 Å². The van der Waals surface area contributed by atoms with Crippen LogP contribution in [0.5, 0.6) is 0 Å². The number of nitriles is 1. The van der Waals surface area contributed by atoms with Crippen molar-refractivity contribution in [1.29, 1.82) is 5.26 Å². The fourth-order valence-corrected chi connectivity index (χ4v) is 2.21. The lowest BCUT2D eigenvalue weighted by Gasteiger charge is -2.12. The fraction of sp³-hybridized carbons (Fsp3) is 0.200. The third-order valence-corrected chi connectivity index (χ3v) is 3.37. The molecule has 3 heteroatoms. The van der Waals surface area contributed by atoms with Crippen molar-refractivity contribution in [2.75, 3.05) is 0 Å². The van der Waals surface area contributed by atoms with Gasteiger partial charge in [-0.1, -0.05) is 41.4 Å². The summed E-state index contributed by atoms with van der Waals surface area (Å²) in [6.45, 7) is 5.90. The quantitative estimate of drug-likeness (QED) is 0.717. The van der Waals surface area contributed by atoms with Crippen LogP contribution in [-0.2, 0) is 0 Å². The topological polar surface area (TPSA) is 36.7 Å². The lowest BCUT2D eigenvalue weighted by Crippen LogP contribution is -1.97. The third kappa shape index (κ3) is 2.10. The highest BCUT2D eigenvalue weighted by Gasteiger charge is 2.15. The second kappa shape index (κ2) is 4.80. The zero-order chi connectivity index (χ0) is 13.3. The van der Waals surface area contributed by atoms with E-state index < -0.39 is 0 Å². The Hall–Kier alpha value is -1.85. The van der Waals surface area contributed by atoms with E-state index in [1.807, 2.05) is 45.0 Å². The highest BCUT2D eigenvalue weighted by Crippen LogP contribution is 2.32. The van der Waals surface area contributed by atoms with E-state index in [1.54, 1.807) is 0 Å². The predicted molar refractivity (Wildman–Crippen MR) is 73.6 cm³/mol. The summed E-state index contributed by atoms with van der Waals surface area (Å²) in [6, 6.07) is 10.2. The van der Waals surface area contributed by atoms with Crippen LogP contribution in [0.4, 0.5) is 0 Å². The van der Waals surface area contributed by atoms with Gasteiger partial charge in [0.25, 0.3) is 0 Å². The molecule has 1 aromatic heterocycles. The zero-order valence-corrected chi connectivity index (χ0v) is 11.3. The number of nitrogens with zero attached hydrogens (tertiary/aromatic N) is 2. The summed E-state index contributed by atoms with van der Waals surface area (Å²) in [6.07, 6.45) is 0. The van der Waals surface area contributed by atoms with Gasteiger partial charge in [-0.25, -0.2) is 4.98 Å². The molecule has 0 atom stereocenters. The molecule has 0 bridgehead atoms. The van der Waals surface area contributed by atoms with Gasteiger partial charge in [-0.3, -0.25) is 0 Å². The van der Waals surface area contributed by atoms with Gasteiger partial charge in [0.15, 0.2) is 0 Å². The molecule has 0 saturated carbocycles. The molecule has 2 nitrogen and oxygen atoms in total. The first-order valence-electron chi connectivity index (χ1n) is 5.68. The molecule has 0 aliphatic rings. The van der Waals surface area contributed by atoms with Gasteiger partial charge in [-0.2, -0.15) is 5.26 Å². The van der Waals surface area contributed by atoms with Crippen LogP contribution in [0.3, 0.4) is 0 Å². The van der Waals surface area contributed by atoms with Crippen molar-refractivity contribution in [3.63, 3.8) is 0 Å². The summed E-state index contributed by atoms with van der Waals surface area (Å²) >= 11 is 6.05. The number of aryl methyl sites for hydroxylation is 2. The van der Waals surface area contributed by atoms with Crippen LogP contribution < -0.4 is 0 Å². The van der Waals surface area contributed by atoms with Gasteiger partial charge in [-0.05, 0) is 31.9 Å². The molecular formula is C15H13ClN2. The van der Waals surface area contributed by atoms with Gasteiger partial charge >= 0.3 is 0 Å². The Bertz CT molecular complexity index is 637. The Morgan fingerprint density at radius 1 is 1.11 bits per heavy atom. The van der Waals surface area contributed by atoms with Gasteiger partial charge in [0.05, 0.1) is 5.56 Å². The summed E-state index contributed by atoms with van der Waals surface area (Å²) < 4.78 is 0. The molecule has 2 aromatic rings. The van der Waals surface area contributed by atoms with Gasteiger partial charge in [-0.15, -0.1) is 0 Å². The lowest BCUT2D eigenvalue weighted by molar-refractivity contribution is 1.14. The summed E-state index contributed by atoms with van der Waals surface area (Å²) in [5.41, 5.74) is 5.38. The van der Waals surface area contributed by atoms with E-state index >= 15 is 0 Å². The molecule has 0 radical (unpaired) electrons. The van der Waals surface area contributed by atoms with Crippen molar-refractivity contribution in [2.45, 2.75) is 20.8 Å². The number of halogens is 1. The number of rotatable bonds is 1. The maximum absolute atomic E-state index is 9.26. The molecule has 0 N–H and O–H groups in total. The summed E-state index contributed by atoms with van der Waals surface area (Å²) in [5.74, 6) is 0. The molecule has 1 heterocycles. The molecule has 0 spiro atoms. The van der Waals surface area contributed by atoms with Crippen LogP contribution in [-0.4, -0.2) is 4.98 Å². The highest BCUT2D eigenvalue weighted by atomic mass is 35.5. The van der Waals surface area contributed by atoms with Crippen molar-refractivity contribution in [3.05, 3.63) is 51.8 Å². The Labute approximate surface area is 112 Å². The third-order valence-electron chi connectivity index (χ3n) is 3.09. The van der Waals surface area contributed by atoms with Gasteiger partial charge in [0.2, 0.25) is 0 Å². The molecule has 0 aliphatic carbocycles. The molecule has 0 aliphatic heterocycles. The van der Waals surface area contributed by atoms with E-state index in [0.717, 1.165) is 22.4 Å². The molecule has 2 rings (SSSR count). The second-order valence-electron chi connectivity index (χ2n) is 4.34. The van der Waals surface area contributed by atoms with E-state index in [1.165, 1.54) is 5.56 Å². The molecule has 0 saturated heterocycles. The maximum Gasteiger partial charge on any atom is 0.147 e. The molecular weight excluding hydrogens is 244 g/mol. The fourth-order valence-electron chi connectivity index (χ4n) is 1.94. The number of pyridine rings is 1. The van der Waals surface area contributed by atoms with Gasteiger partial charge in [0, 0.05) is 11.3 Å². The summed E-state index contributed by atoms with van der Waals surface area (Å²) in [7, 11) is 0. The molecule has 90 valence electrons. The Morgan fingerprint density at radius 3 is 2.28 bits per heavy atom. The minimum absolute atomic E-state index is 0.274. The first-order chi connectivity index (χ1) is 8.54. The number of benzene rings is 1. The predicted octanol–water partition coefficient (Wildman–Crippen LogP) is 4.20. The van der Waals surface area contributed by atoms with Crippen molar-refractivity contribution >= 4 is 11.6 Å². The smallest absolute Gasteiger partial charge is 0.147 e. The Kier molecular flexibility index (Phi) is 3.36. The van der Waals surface area contributed by atoms with Crippen LogP contribution >= 0.6 is 11.6 Å². The Morgan fingerprint density at radius 2 is 1.72 bits per heavy atom. The van der Waals surface area contributed by atoms with Crippen molar-refractivity contribution in [3.8, 4) is 17.2 Å². The van der Waals surface area contributed by atoms with Crippen molar-refractivity contribution < 1.29 is 0 Å². The molecule has 0 fully saturated rings. The molecule has 18 heavy (non-hydrogen) atoms. The summed E-state index contributed by atoms with van der Waals surface area (Å²) in [4.78, 5) is 4.19. The number of hydrogen-bond acceptors (Lipinski definition) is 2. The summed E-state index contributed by atoms with van der Waals surface area (Å²) in [5, 5.41) is 9.53. The van der Waals surface area contributed by atoms with Gasteiger partial charge < -0.3 is 0 Å². The monoisotopic (exact) mass is 256 g/mol. The number of aromatic nitrogens is 1. The van der Waals surface area contributed by atoms with E-state index in [2.05, 4.69) is 11.1 Å². The highest BCUT2D eigenvalue weighted by molar-refractivity contribution is 6.31. The van der Waals surface area contributed by atoms with E-state index in [9.17, 15) is 5.26 Å². The minimum atomic E-state index is 0.274. The normalized spacial score (nSPS) is 10.2. The van der Waals surface area contributed by atoms with Crippen LogP contribution in [0, 0.1) is 32.1 Å². The van der Waals surface area contributed by atoms with E-state index in [-0.39, 0.29) is 5.15 Å². The lowest BCUT2D eigenvalue weighted by atomic mass is 9.95. The van der Waals surface area contributed by atoms with Crippen molar-refractivity contribution in [1.82, 2.24) is 4.98 Å². The van der Waals surface area contributed by atoms with Crippen LogP contribution in [0.25, 0.3) is 11.1 Å². The largest absolute Gasteiger partial charge is 0.240 e. The molecule has 0 amide bonds. The Balaban J connectivity index is 2.77. The van der Waals surface area contributed by atoms with Gasteiger partial charge in [0.1, 0.15) is 11.2 Å². The second-order valence-corrected chi connectivity index (χ2v) is 4.70. The average Bonchev–Trinajstić information content (AvgIpc) is 2.35. The maximum atomic E-state index is 9.26. The molecule has 0 unspecified atom stereocenters. The molecule has 1 aromatic carbocycles. The minimum Gasteiger partial charge on any atom is -0.240 e. The first kappa shape index (κ1) is 12.6. The first-order valence-corrected chi connectivity index (χ1v) is 6.06. The van der Waals surface area contributed by atoms with E-state index in [0.29, 0.717) is 5.56 Å². The van der Waals surface area contributed by atoms with Crippen LogP contribution in [0.2, 0.25) is 5.15 Å². The zero-order valence-electron chi connectivity index (χ0n) is 10.6. The SMILES string of the molecule is Cc1ccc(-c2c(C)c(C)nc(Cl)c2C#N)cc1. The van der Waals surface area contributed by atoms with Crippen LogP contribution in [0.1, 0.15) is 22.4 Å².